The van der Waals surface area contributed by atoms with Crippen LogP contribution in [0.25, 0.3) is 0 Å². The summed E-state index contributed by atoms with van der Waals surface area (Å²) in [6, 6.07) is 7.69. The second-order valence-corrected chi connectivity index (χ2v) is 4.79. The number of rotatable bonds is 7. The predicted octanol–water partition coefficient (Wildman–Crippen LogP) is 2.34. The molecule has 96 valence electrons. The first-order valence-corrected chi connectivity index (χ1v) is 6.29. The second-order valence-electron chi connectivity index (χ2n) is 4.79. The summed E-state index contributed by atoms with van der Waals surface area (Å²) in [7, 11) is 0. The standard InChI is InChI=1S/C14H23FN2/c1-11(2)17-10-12(3)16-9-8-13-4-6-14(15)7-5-13/h4-7,11-12,16-17H,8-10H2,1-3H3. The molecule has 1 atom stereocenters. The minimum Gasteiger partial charge on any atom is -0.313 e. The molecule has 0 spiro atoms. The lowest BCUT2D eigenvalue weighted by Crippen LogP contribution is -2.39. The summed E-state index contributed by atoms with van der Waals surface area (Å²) < 4.78 is 12.7. The van der Waals surface area contributed by atoms with Crippen LogP contribution in [0.2, 0.25) is 0 Å². The monoisotopic (exact) mass is 238 g/mol. The highest BCUT2D eigenvalue weighted by molar-refractivity contribution is 5.16. The maximum Gasteiger partial charge on any atom is 0.123 e. The van der Waals surface area contributed by atoms with Crippen molar-refractivity contribution >= 4 is 0 Å². The molecule has 1 aromatic carbocycles. The van der Waals surface area contributed by atoms with Crippen molar-refractivity contribution in [1.82, 2.24) is 10.6 Å². The molecular weight excluding hydrogens is 215 g/mol. The van der Waals surface area contributed by atoms with Gasteiger partial charge in [0.05, 0.1) is 0 Å². The Labute approximate surface area is 104 Å². The van der Waals surface area contributed by atoms with E-state index < -0.39 is 0 Å². The molecule has 3 heteroatoms. The molecule has 0 heterocycles. The first kappa shape index (κ1) is 14.1. The van der Waals surface area contributed by atoms with Gasteiger partial charge in [-0.1, -0.05) is 26.0 Å². The second kappa shape index (κ2) is 7.41. The molecule has 0 bridgehead atoms. The van der Waals surface area contributed by atoms with Gasteiger partial charge in [-0.3, -0.25) is 0 Å². The van der Waals surface area contributed by atoms with E-state index in [1.165, 1.54) is 17.7 Å². The van der Waals surface area contributed by atoms with Crippen LogP contribution in [0.4, 0.5) is 4.39 Å². The zero-order valence-electron chi connectivity index (χ0n) is 11.0. The third-order valence-electron chi connectivity index (χ3n) is 2.65. The van der Waals surface area contributed by atoms with E-state index in [4.69, 9.17) is 0 Å². The summed E-state index contributed by atoms with van der Waals surface area (Å²) in [5.74, 6) is -0.170. The Bertz CT molecular complexity index is 309. The quantitative estimate of drug-likeness (QED) is 0.762. The van der Waals surface area contributed by atoms with Gasteiger partial charge < -0.3 is 10.6 Å². The fraction of sp³-hybridized carbons (Fsp3) is 0.571. The van der Waals surface area contributed by atoms with Gasteiger partial charge in [-0.05, 0) is 37.6 Å². The van der Waals surface area contributed by atoms with Crippen LogP contribution in [0, 0.1) is 5.82 Å². The van der Waals surface area contributed by atoms with Crippen molar-refractivity contribution in [3.63, 3.8) is 0 Å². The largest absolute Gasteiger partial charge is 0.313 e. The Morgan fingerprint density at radius 1 is 1.06 bits per heavy atom. The van der Waals surface area contributed by atoms with Crippen LogP contribution in [0.15, 0.2) is 24.3 Å². The molecule has 0 saturated carbocycles. The molecule has 0 aliphatic rings. The smallest absolute Gasteiger partial charge is 0.123 e. The molecule has 2 N–H and O–H groups in total. The lowest BCUT2D eigenvalue weighted by molar-refractivity contribution is 0.476. The fourth-order valence-electron chi connectivity index (χ4n) is 1.60. The Morgan fingerprint density at radius 2 is 1.71 bits per heavy atom. The fourth-order valence-corrected chi connectivity index (χ4v) is 1.60. The van der Waals surface area contributed by atoms with E-state index in [2.05, 4.69) is 31.4 Å². The van der Waals surface area contributed by atoms with Crippen molar-refractivity contribution in [2.24, 2.45) is 0 Å². The summed E-state index contributed by atoms with van der Waals surface area (Å²) >= 11 is 0. The Kier molecular flexibility index (Phi) is 6.16. The van der Waals surface area contributed by atoms with Gasteiger partial charge in [0.25, 0.3) is 0 Å². The summed E-state index contributed by atoms with van der Waals surface area (Å²) in [6.07, 6.45) is 0.937. The van der Waals surface area contributed by atoms with Crippen LogP contribution < -0.4 is 10.6 Å². The van der Waals surface area contributed by atoms with E-state index in [0.717, 1.165) is 19.5 Å². The summed E-state index contributed by atoms with van der Waals surface area (Å²) in [6.45, 7) is 8.35. The van der Waals surface area contributed by atoms with Crippen molar-refractivity contribution in [2.45, 2.75) is 39.3 Å². The third kappa shape index (κ3) is 6.39. The molecule has 17 heavy (non-hydrogen) atoms. The highest BCUT2D eigenvalue weighted by Crippen LogP contribution is 2.02. The molecular formula is C14H23FN2. The Hall–Kier alpha value is -0.930. The third-order valence-corrected chi connectivity index (χ3v) is 2.65. The average Bonchev–Trinajstić information content (AvgIpc) is 2.29. The van der Waals surface area contributed by atoms with Crippen LogP contribution >= 0.6 is 0 Å². The van der Waals surface area contributed by atoms with Crippen molar-refractivity contribution in [3.05, 3.63) is 35.6 Å². The lowest BCUT2D eigenvalue weighted by atomic mass is 10.1. The Balaban J connectivity index is 2.16. The molecule has 1 rings (SSSR count). The van der Waals surface area contributed by atoms with Gasteiger partial charge >= 0.3 is 0 Å². The molecule has 0 aliphatic carbocycles. The normalized spacial score (nSPS) is 13.0. The molecule has 1 unspecified atom stereocenters. The molecule has 0 radical (unpaired) electrons. The molecule has 0 aliphatic heterocycles. The number of nitrogens with one attached hydrogen (secondary N) is 2. The van der Waals surface area contributed by atoms with Gasteiger partial charge in [0.1, 0.15) is 5.82 Å². The topological polar surface area (TPSA) is 24.1 Å². The molecule has 2 nitrogen and oxygen atoms in total. The lowest BCUT2D eigenvalue weighted by Gasteiger charge is -2.16. The van der Waals surface area contributed by atoms with Crippen molar-refractivity contribution in [3.8, 4) is 0 Å². The summed E-state index contributed by atoms with van der Waals surface area (Å²) in [5, 5.41) is 6.83. The van der Waals surface area contributed by atoms with Gasteiger partial charge in [0.2, 0.25) is 0 Å². The van der Waals surface area contributed by atoms with E-state index in [9.17, 15) is 4.39 Å². The average molecular weight is 238 g/mol. The SMILES string of the molecule is CC(C)NCC(C)NCCc1ccc(F)cc1. The highest BCUT2D eigenvalue weighted by Gasteiger charge is 2.01. The van der Waals surface area contributed by atoms with E-state index in [0.29, 0.717) is 12.1 Å². The van der Waals surface area contributed by atoms with E-state index in [1.54, 1.807) is 0 Å². The highest BCUT2D eigenvalue weighted by atomic mass is 19.1. The van der Waals surface area contributed by atoms with Crippen LogP contribution in [-0.4, -0.2) is 25.2 Å². The van der Waals surface area contributed by atoms with E-state index in [-0.39, 0.29) is 5.82 Å². The van der Waals surface area contributed by atoms with Crippen LogP contribution in [-0.2, 0) is 6.42 Å². The minimum atomic E-state index is -0.170. The van der Waals surface area contributed by atoms with Crippen LogP contribution in [0.1, 0.15) is 26.3 Å². The molecule has 0 amide bonds. The van der Waals surface area contributed by atoms with Gasteiger partial charge in [0, 0.05) is 18.6 Å². The minimum absolute atomic E-state index is 0.170. The first-order chi connectivity index (χ1) is 8.08. The maximum atomic E-state index is 12.7. The van der Waals surface area contributed by atoms with Gasteiger partial charge in [-0.2, -0.15) is 0 Å². The molecule has 0 saturated heterocycles. The zero-order valence-corrected chi connectivity index (χ0v) is 11.0. The Morgan fingerprint density at radius 3 is 2.29 bits per heavy atom. The van der Waals surface area contributed by atoms with E-state index in [1.807, 2.05) is 12.1 Å². The summed E-state index contributed by atoms with van der Waals surface area (Å²) in [4.78, 5) is 0. The number of hydrogen-bond acceptors (Lipinski definition) is 2. The van der Waals surface area contributed by atoms with Gasteiger partial charge in [0.15, 0.2) is 0 Å². The first-order valence-electron chi connectivity index (χ1n) is 6.29. The van der Waals surface area contributed by atoms with Crippen molar-refractivity contribution < 1.29 is 4.39 Å². The van der Waals surface area contributed by atoms with E-state index >= 15 is 0 Å². The number of halogens is 1. The van der Waals surface area contributed by atoms with Crippen LogP contribution in [0.3, 0.4) is 0 Å². The van der Waals surface area contributed by atoms with Crippen LogP contribution in [0.5, 0.6) is 0 Å². The molecule has 1 aromatic rings. The number of hydrogen-bond donors (Lipinski definition) is 2. The number of benzene rings is 1. The predicted molar refractivity (Wildman–Crippen MR) is 70.7 cm³/mol. The molecule has 0 fully saturated rings. The van der Waals surface area contributed by atoms with Gasteiger partial charge in [-0.25, -0.2) is 4.39 Å². The van der Waals surface area contributed by atoms with Crippen molar-refractivity contribution in [1.29, 1.82) is 0 Å². The zero-order chi connectivity index (χ0) is 12.7. The maximum absolute atomic E-state index is 12.7. The van der Waals surface area contributed by atoms with Gasteiger partial charge in [-0.15, -0.1) is 0 Å². The summed E-state index contributed by atoms with van der Waals surface area (Å²) in [5.41, 5.74) is 1.17. The van der Waals surface area contributed by atoms with Crippen molar-refractivity contribution in [2.75, 3.05) is 13.1 Å². The molecule has 0 aromatic heterocycles.